The lowest BCUT2D eigenvalue weighted by atomic mass is 9.87. The molecule has 0 N–H and O–H groups in total. The van der Waals surface area contributed by atoms with Crippen LogP contribution in [-0.2, 0) is 23.7 Å². The van der Waals surface area contributed by atoms with Crippen LogP contribution in [0.2, 0.25) is 0 Å². The largest absolute Gasteiger partial charge is 0.309 e. The van der Waals surface area contributed by atoms with Crippen LogP contribution in [-0.4, -0.2) is 8.80 Å². The molecule has 4 heterocycles. The Morgan fingerprint density at radius 3 is 1.07 bits per heavy atom. The van der Waals surface area contributed by atoms with Crippen molar-refractivity contribution in [2.75, 3.05) is 9.80 Å². The summed E-state index contributed by atoms with van der Waals surface area (Å²) in [4.78, 5) is 5.10. The summed E-state index contributed by atoms with van der Waals surface area (Å²) in [5.41, 5.74) is 24.3. The number of aryl methyl sites for hydroxylation is 2. The number of para-hydroxylation sites is 2. The molecular formula is C78H66N4. The second-order valence-corrected chi connectivity index (χ2v) is 24.7. The van der Waals surface area contributed by atoms with Gasteiger partial charge in [0.1, 0.15) is 0 Å². The summed E-state index contributed by atoms with van der Waals surface area (Å²) in [6, 6.07) is 87.4. The Morgan fingerprint density at radius 1 is 0.317 bits per heavy atom. The molecule has 0 atom stereocenters. The fourth-order valence-corrected chi connectivity index (χ4v) is 13.6. The van der Waals surface area contributed by atoms with E-state index in [1.165, 1.54) is 132 Å². The van der Waals surface area contributed by atoms with Crippen molar-refractivity contribution in [3.05, 3.63) is 253 Å². The van der Waals surface area contributed by atoms with E-state index in [9.17, 15) is 0 Å². The van der Waals surface area contributed by atoms with E-state index in [1.54, 1.807) is 0 Å². The van der Waals surface area contributed by atoms with Crippen molar-refractivity contribution in [1.82, 2.24) is 8.80 Å². The Morgan fingerprint density at radius 2 is 0.695 bits per heavy atom. The maximum absolute atomic E-state index is 2.58. The lowest BCUT2D eigenvalue weighted by Gasteiger charge is -2.30. The van der Waals surface area contributed by atoms with Gasteiger partial charge in [0, 0.05) is 65.6 Å². The molecule has 0 aliphatic carbocycles. The lowest BCUT2D eigenvalue weighted by Crippen LogP contribution is -2.14. The van der Waals surface area contributed by atoms with Gasteiger partial charge in [-0.2, -0.15) is 0 Å². The number of hydrogen-bond acceptors (Lipinski definition) is 2. The fourth-order valence-electron chi connectivity index (χ4n) is 13.6. The van der Waals surface area contributed by atoms with Crippen LogP contribution in [0.15, 0.2) is 231 Å². The van der Waals surface area contributed by atoms with E-state index in [-0.39, 0.29) is 10.8 Å². The molecule has 15 aromatic rings. The van der Waals surface area contributed by atoms with Gasteiger partial charge in [0.2, 0.25) is 0 Å². The molecule has 4 aromatic heterocycles. The SMILES string of the molecule is CCc1ccc(-c2ccccc2)c(N(c2ccc(C(C)(C)C)cc2)c2ccc3c4cc5c(cc4n4c6ccccc6c2c34)c2ccc(N(c3ccc(C(C)(C)C)cc3)c3cc(CC)ccc3-c3ccccc3)c3c4ccccc4n5c23)c1. The van der Waals surface area contributed by atoms with E-state index in [1.807, 2.05) is 0 Å². The van der Waals surface area contributed by atoms with Crippen LogP contribution in [0.5, 0.6) is 0 Å². The van der Waals surface area contributed by atoms with Gasteiger partial charge >= 0.3 is 0 Å². The van der Waals surface area contributed by atoms with E-state index < -0.39 is 0 Å². The molecule has 0 aliphatic heterocycles. The first kappa shape index (κ1) is 49.6. The van der Waals surface area contributed by atoms with Crippen LogP contribution in [0.1, 0.15) is 77.6 Å². The number of hydrogen-bond donors (Lipinski definition) is 0. The Labute approximate surface area is 480 Å². The van der Waals surface area contributed by atoms with Crippen molar-refractivity contribution in [2.24, 2.45) is 0 Å². The first-order valence-electron chi connectivity index (χ1n) is 29.4. The third-order valence-corrected chi connectivity index (χ3v) is 17.8. The van der Waals surface area contributed by atoms with Crippen LogP contribution in [0.4, 0.5) is 34.1 Å². The Balaban J connectivity index is 1.01. The van der Waals surface area contributed by atoms with Gasteiger partial charge in [-0.1, -0.05) is 213 Å². The molecule has 4 heteroatoms. The van der Waals surface area contributed by atoms with Crippen molar-refractivity contribution in [3.8, 4) is 22.3 Å². The molecule has 0 spiro atoms. The normalized spacial score (nSPS) is 12.5. The summed E-state index contributed by atoms with van der Waals surface area (Å²) < 4.78 is 5.15. The van der Waals surface area contributed by atoms with Gasteiger partial charge < -0.3 is 18.6 Å². The van der Waals surface area contributed by atoms with Crippen LogP contribution >= 0.6 is 0 Å². The Hall–Kier alpha value is -9.38. The maximum atomic E-state index is 2.58. The molecular weight excluding hydrogens is 993 g/mol. The molecule has 82 heavy (non-hydrogen) atoms. The quantitative estimate of drug-likeness (QED) is 0.136. The molecule has 0 aliphatic rings. The summed E-state index contributed by atoms with van der Waals surface area (Å²) in [6.45, 7) is 18.3. The number of aromatic nitrogens is 2. The number of benzene rings is 11. The first-order chi connectivity index (χ1) is 39.9. The molecule has 0 bridgehead atoms. The van der Waals surface area contributed by atoms with Crippen molar-refractivity contribution in [1.29, 1.82) is 0 Å². The Kier molecular flexibility index (Phi) is 11.3. The van der Waals surface area contributed by atoms with Crippen molar-refractivity contribution in [3.63, 3.8) is 0 Å². The topological polar surface area (TPSA) is 15.3 Å². The van der Waals surface area contributed by atoms with Crippen LogP contribution < -0.4 is 9.80 Å². The van der Waals surface area contributed by atoms with E-state index in [0.29, 0.717) is 0 Å². The molecule has 15 rings (SSSR count). The highest BCUT2D eigenvalue weighted by Gasteiger charge is 2.30. The minimum absolute atomic E-state index is 0.0161. The molecule has 398 valence electrons. The molecule has 0 radical (unpaired) electrons. The molecule has 0 fully saturated rings. The summed E-state index contributed by atoms with van der Waals surface area (Å²) in [7, 11) is 0. The van der Waals surface area contributed by atoms with E-state index in [0.717, 1.165) is 35.6 Å². The average molecular weight is 1060 g/mol. The highest BCUT2D eigenvalue weighted by Crippen LogP contribution is 2.53. The average Bonchev–Trinajstić information content (AvgIpc) is 4.26. The van der Waals surface area contributed by atoms with Crippen molar-refractivity contribution in [2.45, 2.75) is 79.1 Å². The Bertz CT molecular complexity index is 4620. The van der Waals surface area contributed by atoms with Gasteiger partial charge in [0.05, 0.1) is 55.8 Å². The summed E-state index contributed by atoms with van der Waals surface area (Å²) >= 11 is 0. The van der Waals surface area contributed by atoms with E-state index in [4.69, 9.17) is 0 Å². The third kappa shape index (κ3) is 7.57. The highest BCUT2D eigenvalue weighted by molar-refractivity contribution is 6.32. The molecule has 0 saturated heterocycles. The lowest BCUT2D eigenvalue weighted by molar-refractivity contribution is 0.590. The number of rotatable bonds is 10. The summed E-state index contributed by atoms with van der Waals surface area (Å²) in [5.74, 6) is 0. The van der Waals surface area contributed by atoms with Gasteiger partial charge in [-0.05, 0) is 130 Å². The molecule has 0 saturated carbocycles. The number of fused-ring (bicyclic) bond motifs is 12. The predicted octanol–water partition coefficient (Wildman–Crippen LogP) is 22.0. The van der Waals surface area contributed by atoms with Crippen LogP contribution in [0.25, 0.3) is 98.4 Å². The van der Waals surface area contributed by atoms with Gasteiger partial charge in [-0.25, -0.2) is 0 Å². The molecule has 0 amide bonds. The monoisotopic (exact) mass is 1060 g/mol. The van der Waals surface area contributed by atoms with E-state index >= 15 is 0 Å². The van der Waals surface area contributed by atoms with Crippen LogP contribution in [0.3, 0.4) is 0 Å². The third-order valence-electron chi connectivity index (χ3n) is 17.8. The fraction of sp³-hybridized carbons (Fsp3) is 0.154. The van der Waals surface area contributed by atoms with Crippen molar-refractivity contribution >= 4 is 110 Å². The van der Waals surface area contributed by atoms with Crippen molar-refractivity contribution < 1.29 is 0 Å². The van der Waals surface area contributed by atoms with E-state index in [2.05, 4.69) is 305 Å². The zero-order chi connectivity index (χ0) is 55.8. The first-order valence-corrected chi connectivity index (χ1v) is 29.4. The minimum atomic E-state index is 0.0161. The zero-order valence-corrected chi connectivity index (χ0v) is 48.1. The van der Waals surface area contributed by atoms with Gasteiger partial charge in [-0.15, -0.1) is 0 Å². The number of nitrogens with zero attached hydrogens (tertiary/aromatic N) is 4. The standard InChI is InChI=1S/C78H66N4/c1-9-49-29-39-57(51-21-13-11-14-22-51)69(45-49)79(55-35-31-53(32-36-55)77(3,4)5)67-43-41-59-63-47-72-64(48-71(63)81-65-27-19-17-25-61(65)73(67)75(59)81)60-42-44-68(74-62-26-18-20-28-66(62)82(72)76(60)74)80(56-37-33-54(34-38-56)78(6,7)8)70-46-50(10-2)30-40-58(70)52-23-15-12-16-24-52/h11-48H,9-10H2,1-8H3. The van der Waals surface area contributed by atoms with Gasteiger partial charge in [0.25, 0.3) is 0 Å². The smallest absolute Gasteiger partial charge is 0.0641 e. The zero-order valence-electron chi connectivity index (χ0n) is 48.1. The second kappa shape index (κ2) is 18.6. The minimum Gasteiger partial charge on any atom is -0.309 e. The van der Waals surface area contributed by atoms with Gasteiger partial charge in [-0.3, -0.25) is 0 Å². The highest BCUT2D eigenvalue weighted by atomic mass is 15.2. The second-order valence-electron chi connectivity index (χ2n) is 24.7. The predicted molar refractivity (Wildman–Crippen MR) is 352 cm³/mol. The van der Waals surface area contributed by atoms with Gasteiger partial charge in [0.15, 0.2) is 0 Å². The number of anilines is 6. The summed E-state index contributed by atoms with van der Waals surface area (Å²) in [6.07, 6.45) is 1.87. The molecule has 11 aromatic carbocycles. The molecule has 4 nitrogen and oxygen atoms in total. The summed E-state index contributed by atoms with van der Waals surface area (Å²) in [5, 5.41) is 9.98. The maximum Gasteiger partial charge on any atom is 0.0641 e. The molecule has 0 unspecified atom stereocenters. The van der Waals surface area contributed by atoms with Crippen LogP contribution in [0, 0.1) is 0 Å².